The number of hydrogen-bond acceptors (Lipinski definition) is 4. The average molecular weight is 390 g/mol. The molecule has 1 fully saturated rings. The fourth-order valence-electron chi connectivity index (χ4n) is 3.63. The van der Waals surface area contributed by atoms with Gasteiger partial charge < -0.3 is 14.5 Å². The lowest BCUT2D eigenvalue weighted by Crippen LogP contribution is -2.40. The average Bonchev–Trinajstić information content (AvgIpc) is 3.10. The van der Waals surface area contributed by atoms with Crippen LogP contribution in [0.15, 0.2) is 24.5 Å². The highest BCUT2D eigenvalue weighted by atomic mass is 16.6. The highest BCUT2D eigenvalue weighted by molar-refractivity contribution is 5.78. The smallest absolute Gasteiger partial charge is 0.410 e. The van der Waals surface area contributed by atoms with Gasteiger partial charge in [-0.05, 0) is 57.6 Å². The summed E-state index contributed by atoms with van der Waals surface area (Å²) in [5.41, 5.74) is 0.538. The molecule has 1 unspecified atom stereocenters. The third-order valence-corrected chi connectivity index (χ3v) is 5.16. The molecular weight excluding hydrogens is 354 g/mol. The number of hydrogen-bond donors (Lipinski definition) is 0. The van der Waals surface area contributed by atoms with Gasteiger partial charge in [0, 0.05) is 44.5 Å². The zero-order valence-corrected chi connectivity index (χ0v) is 18.0. The number of rotatable bonds is 7. The summed E-state index contributed by atoms with van der Waals surface area (Å²) in [6.07, 6.45) is 5.86. The van der Waals surface area contributed by atoms with Crippen molar-refractivity contribution in [3.8, 4) is 0 Å². The Morgan fingerprint density at radius 2 is 2.04 bits per heavy atom. The molecule has 0 spiro atoms. The van der Waals surface area contributed by atoms with Crippen molar-refractivity contribution < 1.29 is 14.3 Å². The topological polar surface area (TPSA) is 62.7 Å². The predicted octanol–water partition coefficient (Wildman–Crippen LogP) is 4.10. The zero-order chi connectivity index (χ0) is 20.7. The van der Waals surface area contributed by atoms with E-state index >= 15 is 0 Å². The van der Waals surface area contributed by atoms with E-state index in [0.717, 1.165) is 24.8 Å². The molecule has 6 heteroatoms. The first-order chi connectivity index (χ1) is 13.2. The molecule has 0 N–H and O–H groups in total. The Kier molecular flexibility index (Phi) is 7.84. The maximum atomic E-state index is 13.1. The lowest BCUT2D eigenvalue weighted by atomic mass is 10.00. The molecule has 0 aromatic carbocycles. The Labute approximate surface area is 169 Å². The van der Waals surface area contributed by atoms with Crippen molar-refractivity contribution in [2.75, 3.05) is 19.6 Å². The fourth-order valence-corrected chi connectivity index (χ4v) is 3.63. The molecule has 2 heterocycles. The van der Waals surface area contributed by atoms with Gasteiger partial charge in [-0.1, -0.05) is 19.9 Å². The molecule has 0 bridgehead atoms. The summed E-state index contributed by atoms with van der Waals surface area (Å²) in [5.74, 6) is 0.507. The Hall–Kier alpha value is -2.11. The van der Waals surface area contributed by atoms with Gasteiger partial charge in [-0.15, -0.1) is 0 Å². The Bertz CT molecular complexity index is 638. The second-order valence-corrected chi connectivity index (χ2v) is 8.67. The number of pyridine rings is 1. The van der Waals surface area contributed by atoms with Gasteiger partial charge in [0.05, 0.1) is 0 Å². The van der Waals surface area contributed by atoms with Crippen molar-refractivity contribution >= 4 is 12.0 Å². The molecule has 1 aromatic heterocycles. The molecule has 0 radical (unpaired) electrons. The maximum absolute atomic E-state index is 13.1. The molecule has 1 aliphatic rings. The first kappa shape index (κ1) is 22.2. The Morgan fingerprint density at radius 1 is 1.32 bits per heavy atom. The van der Waals surface area contributed by atoms with Crippen LogP contribution < -0.4 is 0 Å². The van der Waals surface area contributed by atoms with Gasteiger partial charge in [-0.2, -0.15) is 0 Å². The summed E-state index contributed by atoms with van der Waals surface area (Å²) in [7, 11) is 0. The number of carbonyl (C=O) groups is 2. The van der Waals surface area contributed by atoms with Gasteiger partial charge >= 0.3 is 6.09 Å². The number of nitrogens with zero attached hydrogens (tertiary/aromatic N) is 3. The molecule has 1 saturated heterocycles. The van der Waals surface area contributed by atoms with Crippen LogP contribution in [0.3, 0.4) is 0 Å². The number of likely N-dealkylation sites (tertiary alicyclic amines) is 1. The van der Waals surface area contributed by atoms with Gasteiger partial charge in [0.25, 0.3) is 0 Å². The van der Waals surface area contributed by atoms with Gasteiger partial charge in [0.1, 0.15) is 5.60 Å². The third kappa shape index (κ3) is 6.50. The van der Waals surface area contributed by atoms with E-state index in [0.29, 0.717) is 26.2 Å². The van der Waals surface area contributed by atoms with Crippen LogP contribution in [0.1, 0.15) is 59.4 Å². The van der Waals surface area contributed by atoms with Crippen LogP contribution in [0.4, 0.5) is 4.79 Å². The van der Waals surface area contributed by atoms with Crippen molar-refractivity contribution in [3.63, 3.8) is 0 Å². The van der Waals surface area contributed by atoms with Crippen LogP contribution in [0.5, 0.6) is 0 Å². The van der Waals surface area contributed by atoms with E-state index in [1.165, 1.54) is 0 Å². The Balaban J connectivity index is 2.04. The molecule has 1 aromatic rings. The number of aromatic nitrogens is 1. The third-order valence-electron chi connectivity index (χ3n) is 5.16. The van der Waals surface area contributed by atoms with Crippen LogP contribution in [0.25, 0.3) is 0 Å². The quantitative estimate of drug-likeness (QED) is 0.704. The first-order valence-electron chi connectivity index (χ1n) is 10.4. The normalized spacial score (nSPS) is 17.1. The van der Waals surface area contributed by atoms with Gasteiger partial charge in [0.15, 0.2) is 0 Å². The van der Waals surface area contributed by atoms with Crippen LogP contribution in [-0.2, 0) is 16.1 Å². The minimum Gasteiger partial charge on any atom is -0.444 e. The molecule has 2 amide bonds. The van der Waals surface area contributed by atoms with Crippen molar-refractivity contribution in [1.29, 1.82) is 0 Å². The zero-order valence-electron chi connectivity index (χ0n) is 18.0. The first-order valence-corrected chi connectivity index (χ1v) is 10.4. The molecule has 1 aliphatic heterocycles. The van der Waals surface area contributed by atoms with Crippen molar-refractivity contribution in [2.24, 2.45) is 11.8 Å². The van der Waals surface area contributed by atoms with Crippen molar-refractivity contribution in [2.45, 2.75) is 66.0 Å². The van der Waals surface area contributed by atoms with Gasteiger partial charge in [-0.25, -0.2) is 4.79 Å². The second kappa shape index (κ2) is 9.89. The second-order valence-electron chi connectivity index (χ2n) is 8.67. The van der Waals surface area contributed by atoms with Crippen molar-refractivity contribution in [1.82, 2.24) is 14.8 Å². The van der Waals surface area contributed by atoms with Crippen LogP contribution in [0, 0.1) is 11.8 Å². The summed E-state index contributed by atoms with van der Waals surface area (Å²) in [5, 5.41) is 0. The predicted molar refractivity (Wildman–Crippen MR) is 110 cm³/mol. The summed E-state index contributed by atoms with van der Waals surface area (Å²) in [6.45, 7) is 12.3. The molecule has 2 rings (SSSR count). The molecule has 156 valence electrons. The van der Waals surface area contributed by atoms with Gasteiger partial charge in [-0.3, -0.25) is 9.78 Å². The van der Waals surface area contributed by atoms with Gasteiger partial charge in [0.2, 0.25) is 5.91 Å². The minimum absolute atomic E-state index is 0.0417. The van der Waals surface area contributed by atoms with Crippen molar-refractivity contribution in [3.05, 3.63) is 30.1 Å². The van der Waals surface area contributed by atoms with E-state index in [1.807, 2.05) is 44.0 Å². The lowest BCUT2D eigenvalue weighted by molar-refractivity contribution is -0.137. The molecule has 1 atom stereocenters. The minimum atomic E-state index is -0.493. The summed E-state index contributed by atoms with van der Waals surface area (Å²) in [4.78, 5) is 33.3. The monoisotopic (exact) mass is 389 g/mol. The van der Waals surface area contributed by atoms with E-state index in [2.05, 4.69) is 18.8 Å². The number of ether oxygens (including phenoxy) is 1. The van der Waals surface area contributed by atoms with E-state index in [4.69, 9.17) is 4.74 Å². The molecular formula is C22H35N3O3. The SMILES string of the molecule is CCC(CC)C(=O)N(Cc1cccnc1)CC1CCN(C(=O)OC(C)(C)C)C1. The largest absolute Gasteiger partial charge is 0.444 e. The lowest BCUT2D eigenvalue weighted by Gasteiger charge is -2.29. The van der Waals surface area contributed by atoms with Crippen LogP contribution in [-0.4, -0.2) is 52.0 Å². The summed E-state index contributed by atoms with van der Waals surface area (Å²) < 4.78 is 5.49. The molecule has 6 nitrogen and oxygen atoms in total. The Morgan fingerprint density at radius 3 is 2.61 bits per heavy atom. The summed E-state index contributed by atoms with van der Waals surface area (Å²) in [6, 6.07) is 3.90. The molecule has 28 heavy (non-hydrogen) atoms. The maximum Gasteiger partial charge on any atom is 0.410 e. The van der Waals surface area contributed by atoms with Crippen LogP contribution in [0.2, 0.25) is 0 Å². The van der Waals surface area contributed by atoms with E-state index in [-0.39, 0.29) is 23.8 Å². The number of carbonyl (C=O) groups excluding carboxylic acids is 2. The van der Waals surface area contributed by atoms with E-state index in [1.54, 1.807) is 11.1 Å². The summed E-state index contributed by atoms with van der Waals surface area (Å²) >= 11 is 0. The molecule has 0 saturated carbocycles. The molecule has 0 aliphatic carbocycles. The highest BCUT2D eigenvalue weighted by Gasteiger charge is 2.32. The number of amides is 2. The van der Waals surface area contributed by atoms with E-state index < -0.39 is 5.60 Å². The standard InChI is InChI=1S/C22H35N3O3/c1-6-19(7-2)20(26)25(14-17-9-8-11-23-13-17)16-18-10-12-24(15-18)21(27)28-22(3,4)5/h8-9,11,13,18-19H,6-7,10,12,14-16H2,1-5H3. The fraction of sp³-hybridized carbons (Fsp3) is 0.682. The van der Waals surface area contributed by atoms with Crippen LogP contribution >= 0.6 is 0 Å². The highest BCUT2D eigenvalue weighted by Crippen LogP contribution is 2.23. The van der Waals surface area contributed by atoms with E-state index in [9.17, 15) is 9.59 Å².